The number of halogens is 1. The van der Waals surface area contributed by atoms with E-state index < -0.39 is 0 Å². The van der Waals surface area contributed by atoms with Crippen molar-refractivity contribution in [2.24, 2.45) is 0 Å². The molecule has 0 aliphatic carbocycles. The molecule has 0 N–H and O–H groups in total. The lowest BCUT2D eigenvalue weighted by atomic mass is 10.1. The summed E-state index contributed by atoms with van der Waals surface area (Å²) in [6.45, 7) is 4.76. The SMILES string of the molecule is Clc1ccc2c(c1)N(CCCCN1CCCC1)c1ccccc1O2. The molecule has 2 aliphatic rings. The Hall–Kier alpha value is -1.71. The smallest absolute Gasteiger partial charge is 0.151 e. The van der Waals surface area contributed by atoms with Gasteiger partial charge in [0, 0.05) is 11.6 Å². The van der Waals surface area contributed by atoms with Crippen molar-refractivity contribution >= 4 is 23.0 Å². The predicted molar refractivity (Wildman–Crippen MR) is 99.9 cm³/mol. The number of para-hydroxylation sites is 2. The molecule has 0 unspecified atom stereocenters. The van der Waals surface area contributed by atoms with Gasteiger partial charge >= 0.3 is 0 Å². The van der Waals surface area contributed by atoms with Crippen LogP contribution in [-0.4, -0.2) is 31.1 Å². The van der Waals surface area contributed by atoms with Crippen molar-refractivity contribution in [2.45, 2.75) is 25.7 Å². The summed E-state index contributed by atoms with van der Waals surface area (Å²) in [5, 5.41) is 0.749. The minimum atomic E-state index is 0.749. The maximum Gasteiger partial charge on any atom is 0.151 e. The van der Waals surface area contributed by atoms with E-state index in [0.29, 0.717) is 0 Å². The Morgan fingerprint density at radius 3 is 2.50 bits per heavy atom. The van der Waals surface area contributed by atoms with Gasteiger partial charge in [0.25, 0.3) is 0 Å². The van der Waals surface area contributed by atoms with Crippen LogP contribution >= 0.6 is 11.6 Å². The van der Waals surface area contributed by atoms with E-state index in [0.717, 1.165) is 40.9 Å². The average molecular weight is 343 g/mol. The van der Waals surface area contributed by atoms with Crippen LogP contribution in [0.4, 0.5) is 11.4 Å². The van der Waals surface area contributed by atoms with Crippen LogP contribution in [0.25, 0.3) is 0 Å². The van der Waals surface area contributed by atoms with Gasteiger partial charge in [-0.15, -0.1) is 0 Å². The molecular weight excluding hydrogens is 320 g/mol. The molecule has 0 radical (unpaired) electrons. The van der Waals surface area contributed by atoms with Gasteiger partial charge in [-0.05, 0) is 75.6 Å². The van der Waals surface area contributed by atoms with Crippen LogP contribution in [0.3, 0.4) is 0 Å². The monoisotopic (exact) mass is 342 g/mol. The fourth-order valence-electron chi connectivity index (χ4n) is 3.65. The number of anilines is 2. The molecule has 0 aromatic heterocycles. The normalized spacial score (nSPS) is 16.6. The van der Waals surface area contributed by atoms with Crippen molar-refractivity contribution in [2.75, 3.05) is 31.1 Å². The number of hydrogen-bond acceptors (Lipinski definition) is 3. The van der Waals surface area contributed by atoms with Crippen LogP contribution in [-0.2, 0) is 0 Å². The highest BCUT2D eigenvalue weighted by Crippen LogP contribution is 2.47. The zero-order valence-electron chi connectivity index (χ0n) is 13.9. The van der Waals surface area contributed by atoms with Gasteiger partial charge in [-0.3, -0.25) is 0 Å². The van der Waals surface area contributed by atoms with Crippen molar-refractivity contribution in [1.29, 1.82) is 0 Å². The Morgan fingerprint density at radius 1 is 0.875 bits per heavy atom. The molecule has 2 aliphatic heterocycles. The highest BCUT2D eigenvalue weighted by Gasteiger charge is 2.24. The fraction of sp³-hybridized carbons (Fsp3) is 0.400. The summed E-state index contributed by atoms with van der Waals surface area (Å²) in [5.74, 6) is 1.81. The van der Waals surface area contributed by atoms with Gasteiger partial charge in [-0.2, -0.15) is 0 Å². The zero-order chi connectivity index (χ0) is 16.4. The van der Waals surface area contributed by atoms with E-state index in [4.69, 9.17) is 16.3 Å². The Balaban J connectivity index is 1.49. The summed E-state index contributed by atoms with van der Waals surface area (Å²) in [6.07, 6.45) is 5.12. The van der Waals surface area contributed by atoms with Crippen LogP contribution in [0.5, 0.6) is 11.5 Å². The van der Waals surface area contributed by atoms with Crippen LogP contribution < -0.4 is 9.64 Å². The third-order valence-electron chi connectivity index (χ3n) is 4.89. The van der Waals surface area contributed by atoms with Crippen molar-refractivity contribution in [3.63, 3.8) is 0 Å². The van der Waals surface area contributed by atoms with Gasteiger partial charge in [0.05, 0.1) is 11.4 Å². The quantitative estimate of drug-likeness (QED) is 0.671. The van der Waals surface area contributed by atoms with E-state index >= 15 is 0 Å². The Labute approximate surface area is 148 Å². The molecule has 0 saturated carbocycles. The number of rotatable bonds is 5. The van der Waals surface area contributed by atoms with Gasteiger partial charge in [0.1, 0.15) is 0 Å². The predicted octanol–water partition coefficient (Wildman–Crippen LogP) is 5.46. The molecule has 24 heavy (non-hydrogen) atoms. The molecule has 2 aromatic carbocycles. The average Bonchev–Trinajstić information content (AvgIpc) is 3.11. The molecule has 1 fully saturated rings. The maximum absolute atomic E-state index is 6.23. The molecule has 4 rings (SSSR count). The van der Waals surface area contributed by atoms with Crippen molar-refractivity contribution in [3.8, 4) is 11.5 Å². The second-order valence-electron chi connectivity index (χ2n) is 6.59. The van der Waals surface area contributed by atoms with Gasteiger partial charge in [0.15, 0.2) is 11.5 Å². The number of ether oxygens (including phenoxy) is 1. The highest BCUT2D eigenvalue weighted by atomic mass is 35.5. The fourth-order valence-corrected chi connectivity index (χ4v) is 3.82. The molecule has 2 heterocycles. The largest absolute Gasteiger partial charge is 0.453 e. The summed E-state index contributed by atoms with van der Waals surface area (Å²) >= 11 is 6.23. The number of benzene rings is 2. The lowest BCUT2D eigenvalue weighted by Crippen LogP contribution is -2.24. The molecule has 0 amide bonds. The standard InChI is InChI=1S/C20H23ClN2O/c21-16-9-10-20-18(15-16)23(17-7-1-2-8-19(17)24-20)14-6-5-13-22-11-3-4-12-22/h1-2,7-10,15H,3-6,11-14H2. The number of nitrogens with zero attached hydrogens (tertiary/aromatic N) is 2. The maximum atomic E-state index is 6.23. The van der Waals surface area contributed by atoms with Crippen LogP contribution in [0, 0.1) is 0 Å². The Kier molecular flexibility index (Phi) is 4.63. The third kappa shape index (κ3) is 3.24. The minimum Gasteiger partial charge on any atom is -0.453 e. The van der Waals surface area contributed by atoms with Crippen LogP contribution in [0.1, 0.15) is 25.7 Å². The Bertz CT molecular complexity index is 713. The molecule has 2 aromatic rings. The second kappa shape index (κ2) is 7.04. The van der Waals surface area contributed by atoms with Crippen LogP contribution in [0.15, 0.2) is 42.5 Å². The zero-order valence-corrected chi connectivity index (χ0v) is 14.6. The van der Waals surface area contributed by atoms with Gasteiger partial charge in [-0.25, -0.2) is 0 Å². The molecule has 0 atom stereocenters. The van der Waals surface area contributed by atoms with Crippen molar-refractivity contribution in [3.05, 3.63) is 47.5 Å². The summed E-state index contributed by atoms with van der Waals surface area (Å²) in [5.41, 5.74) is 2.20. The first-order valence-electron chi connectivity index (χ1n) is 8.87. The van der Waals surface area contributed by atoms with Crippen LogP contribution in [0.2, 0.25) is 5.02 Å². The molecule has 0 spiro atoms. The minimum absolute atomic E-state index is 0.749. The lowest BCUT2D eigenvalue weighted by Gasteiger charge is -2.33. The van der Waals surface area contributed by atoms with E-state index in [9.17, 15) is 0 Å². The topological polar surface area (TPSA) is 15.7 Å². The van der Waals surface area contributed by atoms with E-state index in [1.165, 1.54) is 38.9 Å². The van der Waals surface area contributed by atoms with E-state index in [1.807, 2.05) is 30.3 Å². The molecule has 0 bridgehead atoms. The number of likely N-dealkylation sites (tertiary alicyclic amines) is 1. The first kappa shape index (κ1) is 15.8. The number of fused-ring (bicyclic) bond motifs is 2. The number of unbranched alkanes of at least 4 members (excludes halogenated alkanes) is 1. The molecule has 4 heteroatoms. The first-order valence-corrected chi connectivity index (χ1v) is 9.25. The molecule has 1 saturated heterocycles. The van der Waals surface area contributed by atoms with Gasteiger partial charge < -0.3 is 14.5 Å². The van der Waals surface area contributed by atoms with E-state index in [2.05, 4.69) is 21.9 Å². The third-order valence-corrected chi connectivity index (χ3v) is 5.13. The lowest BCUT2D eigenvalue weighted by molar-refractivity contribution is 0.331. The summed E-state index contributed by atoms with van der Waals surface area (Å²) < 4.78 is 6.04. The summed E-state index contributed by atoms with van der Waals surface area (Å²) in [4.78, 5) is 4.93. The molecule has 126 valence electrons. The van der Waals surface area contributed by atoms with Gasteiger partial charge in [0.2, 0.25) is 0 Å². The molecular formula is C20H23ClN2O. The van der Waals surface area contributed by atoms with Crippen molar-refractivity contribution < 1.29 is 4.74 Å². The number of hydrogen-bond donors (Lipinski definition) is 0. The Morgan fingerprint density at radius 2 is 1.62 bits per heavy atom. The first-order chi connectivity index (χ1) is 11.8. The van der Waals surface area contributed by atoms with E-state index in [1.54, 1.807) is 0 Å². The van der Waals surface area contributed by atoms with Gasteiger partial charge in [-0.1, -0.05) is 23.7 Å². The highest BCUT2D eigenvalue weighted by molar-refractivity contribution is 6.31. The van der Waals surface area contributed by atoms with Crippen molar-refractivity contribution in [1.82, 2.24) is 4.90 Å². The summed E-state index contributed by atoms with van der Waals surface area (Å²) in [6, 6.07) is 14.1. The van der Waals surface area contributed by atoms with E-state index in [-0.39, 0.29) is 0 Å². The summed E-state index contributed by atoms with van der Waals surface area (Å²) in [7, 11) is 0. The second-order valence-corrected chi connectivity index (χ2v) is 7.03. The molecule has 3 nitrogen and oxygen atoms in total.